The van der Waals surface area contributed by atoms with E-state index in [0.717, 1.165) is 88.1 Å². The number of aromatic carboxylic acids is 1. The summed E-state index contributed by atoms with van der Waals surface area (Å²) >= 11 is 1.43. The van der Waals surface area contributed by atoms with Crippen molar-refractivity contribution in [1.29, 1.82) is 5.41 Å². The van der Waals surface area contributed by atoms with Crippen molar-refractivity contribution in [2.45, 2.75) is 83.8 Å². The first kappa shape index (κ1) is 49.9. The zero-order valence-corrected chi connectivity index (χ0v) is 42.6. The molecule has 382 valence electrons. The van der Waals surface area contributed by atoms with Crippen LogP contribution in [0.5, 0.6) is 5.75 Å². The number of fused-ring (bicyclic) bond motifs is 2. The van der Waals surface area contributed by atoms with Gasteiger partial charge >= 0.3 is 5.97 Å². The first-order chi connectivity index (χ1) is 35.9. The van der Waals surface area contributed by atoms with Gasteiger partial charge in [0.1, 0.15) is 11.6 Å². The molecule has 10 rings (SSSR count). The molecule has 2 saturated heterocycles. The summed E-state index contributed by atoms with van der Waals surface area (Å²) in [4.78, 5) is 79.6. The molecule has 1 unspecified atom stereocenters. The van der Waals surface area contributed by atoms with Gasteiger partial charge in [0, 0.05) is 87.2 Å². The second kappa shape index (κ2) is 21.8. The standard InChI is InChI=1S/C57H61N9O7S/c1-34-39(40-22-24-49(61-53(40)56(71)72)66-27-26-36-9-6-11-41(44(36)33-66)54(69)63-57-60-45-12-3-4-14-48(45)74-57)10-7-13-47(34)73-38-19-16-35(17-20-38)8-5-15-51(68)65-30-28-64(29-31-65)37-18-21-42(46(32-37)59-2)52(58)43-23-25-50(67)62-55(43)70/h3-4,6-7,9-14,18,21-22,24,32,35,38,43,58-59H,5,8,15-17,19-20,23,25-31,33H2,1-2H3,(H,71,72)(H,60,63,69)(H,62,67,70)/t35-,38-,43?. The number of rotatable bonds is 15. The van der Waals surface area contributed by atoms with E-state index in [9.17, 15) is 29.1 Å². The van der Waals surface area contributed by atoms with Gasteiger partial charge in [-0.15, -0.1) is 0 Å². The third-order valence-electron chi connectivity index (χ3n) is 15.3. The number of thiazole rings is 1. The molecule has 16 nitrogen and oxygen atoms in total. The van der Waals surface area contributed by atoms with Gasteiger partial charge in [-0.05, 0) is 141 Å². The number of carbonyl (C=O) groups is 5. The van der Waals surface area contributed by atoms with Gasteiger partial charge in [0.05, 0.1) is 28.0 Å². The van der Waals surface area contributed by atoms with Gasteiger partial charge in [0.2, 0.25) is 17.7 Å². The van der Waals surface area contributed by atoms with E-state index in [1.54, 1.807) is 7.05 Å². The lowest BCUT2D eigenvalue weighted by Crippen LogP contribution is -2.48. The highest BCUT2D eigenvalue weighted by Crippen LogP contribution is 2.38. The number of ether oxygens (including phenoxy) is 1. The minimum atomic E-state index is -1.13. The Morgan fingerprint density at radius 2 is 1.64 bits per heavy atom. The van der Waals surface area contributed by atoms with Crippen molar-refractivity contribution in [3.63, 3.8) is 0 Å². The normalized spacial score (nSPS) is 18.9. The lowest BCUT2D eigenvalue weighted by Gasteiger charge is -2.36. The zero-order chi connectivity index (χ0) is 51.5. The molecule has 5 N–H and O–H groups in total. The molecule has 4 aromatic carbocycles. The molecule has 1 saturated carbocycles. The number of piperidine rings is 1. The Kier molecular flexibility index (Phi) is 14.7. The quantitative estimate of drug-likeness (QED) is 0.0482. The first-order valence-electron chi connectivity index (χ1n) is 25.7. The van der Waals surface area contributed by atoms with E-state index in [1.165, 1.54) is 11.3 Å². The number of carboxylic acid groups (broad SMARTS) is 1. The van der Waals surface area contributed by atoms with Crippen molar-refractivity contribution in [2.24, 2.45) is 11.8 Å². The van der Waals surface area contributed by atoms with Gasteiger partial charge in [-0.1, -0.05) is 47.7 Å². The van der Waals surface area contributed by atoms with Crippen LogP contribution in [-0.4, -0.2) is 101 Å². The molecule has 0 bridgehead atoms. The van der Waals surface area contributed by atoms with Crippen LogP contribution >= 0.6 is 11.3 Å². The summed E-state index contributed by atoms with van der Waals surface area (Å²) in [7, 11) is 1.79. The number of anilines is 4. The van der Waals surface area contributed by atoms with Crippen molar-refractivity contribution in [2.75, 3.05) is 60.2 Å². The number of carbonyl (C=O) groups excluding carboxylic acids is 4. The van der Waals surface area contributed by atoms with E-state index in [1.807, 2.05) is 108 Å². The number of amides is 4. The minimum absolute atomic E-state index is 0.0330. The zero-order valence-electron chi connectivity index (χ0n) is 41.7. The number of hydrogen-bond donors (Lipinski definition) is 5. The van der Waals surface area contributed by atoms with Crippen LogP contribution in [0.15, 0.2) is 91.0 Å². The van der Waals surface area contributed by atoms with Gasteiger partial charge in [-0.25, -0.2) is 14.8 Å². The smallest absolute Gasteiger partial charge is 0.355 e. The molecule has 0 radical (unpaired) electrons. The molecule has 4 aliphatic rings. The lowest BCUT2D eigenvalue weighted by atomic mass is 9.84. The van der Waals surface area contributed by atoms with Crippen molar-refractivity contribution < 1.29 is 33.8 Å². The Balaban J connectivity index is 0.696. The summed E-state index contributed by atoms with van der Waals surface area (Å²) in [6.45, 7) is 5.64. The number of benzene rings is 4. The summed E-state index contributed by atoms with van der Waals surface area (Å²) in [5, 5.41) is 28.3. The molecule has 0 spiro atoms. The summed E-state index contributed by atoms with van der Waals surface area (Å²) < 4.78 is 7.63. The van der Waals surface area contributed by atoms with Crippen LogP contribution in [0.4, 0.5) is 22.3 Å². The second-order valence-electron chi connectivity index (χ2n) is 19.8. The van der Waals surface area contributed by atoms with Gasteiger partial charge < -0.3 is 35.3 Å². The van der Waals surface area contributed by atoms with Gasteiger partial charge in [-0.2, -0.15) is 0 Å². The topological polar surface area (TPSA) is 210 Å². The summed E-state index contributed by atoms with van der Waals surface area (Å²) in [5.74, 6) is -0.785. The molecule has 1 atom stereocenters. The van der Waals surface area contributed by atoms with E-state index in [0.29, 0.717) is 92.1 Å². The van der Waals surface area contributed by atoms with E-state index < -0.39 is 17.8 Å². The fraction of sp³-hybridized carbons (Fsp3) is 0.368. The van der Waals surface area contributed by atoms with Crippen LogP contribution in [0.1, 0.15) is 101 Å². The lowest BCUT2D eigenvalue weighted by molar-refractivity contribution is -0.135. The number of piperazine rings is 1. The molecule has 74 heavy (non-hydrogen) atoms. The maximum absolute atomic E-state index is 13.7. The number of carboxylic acids is 1. The highest BCUT2D eigenvalue weighted by atomic mass is 32.1. The fourth-order valence-electron chi connectivity index (χ4n) is 11.1. The average molecular weight is 1020 g/mol. The molecule has 1 aliphatic carbocycles. The van der Waals surface area contributed by atoms with Gasteiger partial charge in [0.25, 0.3) is 5.91 Å². The molecule has 3 aliphatic heterocycles. The Morgan fingerprint density at radius 3 is 2.41 bits per heavy atom. The molecule has 3 fully saturated rings. The number of aromatic nitrogens is 2. The number of nitrogens with one attached hydrogen (secondary N) is 4. The van der Waals surface area contributed by atoms with E-state index in [-0.39, 0.29) is 41.7 Å². The molecule has 4 amide bonds. The number of nitrogens with zero attached hydrogens (tertiary/aromatic N) is 5. The molecule has 6 aromatic rings. The minimum Gasteiger partial charge on any atom is -0.490 e. The van der Waals surface area contributed by atoms with Crippen LogP contribution in [-0.2, 0) is 27.3 Å². The SMILES string of the molecule is CNc1cc(N2CCN(C(=O)CCC[C@H]3CC[C@H](Oc4cccc(-c5ccc(N6CCc7cccc(C(=O)Nc8nc9ccccc9s8)c7C6)nc5C(=O)O)c4C)CC3)CC2)ccc1C(=N)C1CCC(=O)NC1=O. The van der Waals surface area contributed by atoms with E-state index in [2.05, 4.69) is 25.8 Å². The summed E-state index contributed by atoms with van der Waals surface area (Å²) in [6.07, 6.45) is 7.45. The predicted molar refractivity (Wildman–Crippen MR) is 288 cm³/mol. The van der Waals surface area contributed by atoms with Crippen LogP contribution in [0, 0.1) is 24.2 Å². The second-order valence-corrected chi connectivity index (χ2v) is 20.8. The third-order valence-corrected chi connectivity index (χ3v) is 16.2. The summed E-state index contributed by atoms with van der Waals surface area (Å²) in [5.41, 5.74) is 7.98. The molecular weight excluding hydrogens is 955 g/mol. The highest BCUT2D eigenvalue weighted by Gasteiger charge is 2.33. The maximum atomic E-state index is 13.7. The van der Waals surface area contributed by atoms with Crippen molar-refractivity contribution in [3.05, 3.63) is 125 Å². The Hall–Kier alpha value is -7.66. The Morgan fingerprint density at radius 1 is 0.838 bits per heavy atom. The highest BCUT2D eigenvalue weighted by molar-refractivity contribution is 7.22. The van der Waals surface area contributed by atoms with Crippen molar-refractivity contribution in [1.82, 2.24) is 20.2 Å². The van der Waals surface area contributed by atoms with Crippen LogP contribution in [0.3, 0.4) is 0 Å². The Bertz CT molecular complexity index is 3130. The fourth-order valence-corrected chi connectivity index (χ4v) is 11.9. The Labute approximate surface area is 434 Å². The average Bonchev–Trinajstić information content (AvgIpc) is 3.83. The molecular formula is C57H61N9O7S. The van der Waals surface area contributed by atoms with E-state index in [4.69, 9.17) is 15.1 Å². The summed E-state index contributed by atoms with van der Waals surface area (Å²) in [6, 6.07) is 28.8. The van der Waals surface area contributed by atoms with Gasteiger partial charge in [0.15, 0.2) is 10.8 Å². The van der Waals surface area contributed by atoms with Gasteiger partial charge in [-0.3, -0.25) is 29.8 Å². The monoisotopic (exact) mass is 1020 g/mol. The third kappa shape index (κ3) is 10.7. The number of pyridine rings is 1. The van der Waals surface area contributed by atoms with Crippen LogP contribution in [0.25, 0.3) is 21.3 Å². The number of hydrogen-bond acceptors (Lipinski definition) is 13. The van der Waals surface area contributed by atoms with Crippen molar-refractivity contribution in [3.8, 4) is 16.9 Å². The predicted octanol–water partition coefficient (Wildman–Crippen LogP) is 9.10. The molecule has 5 heterocycles. The first-order valence-corrected chi connectivity index (χ1v) is 26.5. The van der Waals surface area contributed by atoms with Crippen molar-refractivity contribution >= 4 is 79.2 Å². The largest absolute Gasteiger partial charge is 0.490 e. The maximum Gasteiger partial charge on any atom is 0.355 e. The van der Waals surface area contributed by atoms with Crippen LogP contribution < -0.4 is 30.5 Å². The number of imide groups is 1. The van der Waals surface area contributed by atoms with Crippen LogP contribution in [0.2, 0.25) is 0 Å². The number of para-hydroxylation sites is 1. The molecule has 17 heteroatoms. The van der Waals surface area contributed by atoms with E-state index >= 15 is 0 Å². The molecule has 2 aromatic heterocycles.